The summed E-state index contributed by atoms with van der Waals surface area (Å²) in [7, 11) is 0. The summed E-state index contributed by atoms with van der Waals surface area (Å²) in [4.78, 5) is 16.2. The van der Waals surface area contributed by atoms with Gasteiger partial charge >= 0.3 is 6.03 Å². The first kappa shape index (κ1) is 16.5. The van der Waals surface area contributed by atoms with E-state index in [1.54, 1.807) is 12.4 Å². The average Bonchev–Trinajstić information content (AvgIpc) is 2.56. The van der Waals surface area contributed by atoms with E-state index < -0.39 is 5.60 Å². The Morgan fingerprint density at radius 2 is 2.12 bits per heavy atom. The molecule has 1 fully saturated rings. The summed E-state index contributed by atoms with van der Waals surface area (Å²) in [5.74, 6) is 0. The lowest BCUT2D eigenvalue weighted by Gasteiger charge is -2.36. The van der Waals surface area contributed by atoms with Gasteiger partial charge in [-0.15, -0.1) is 0 Å². The summed E-state index contributed by atoms with van der Waals surface area (Å²) in [5, 5.41) is 15.8. The zero-order chi connectivity index (χ0) is 17.0. The van der Waals surface area contributed by atoms with Crippen molar-refractivity contribution in [2.75, 3.05) is 11.9 Å². The number of rotatable bonds is 5. The van der Waals surface area contributed by atoms with Gasteiger partial charge in [-0.05, 0) is 55.9 Å². The van der Waals surface area contributed by atoms with Crippen LogP contribution in [0, 0.1) is 6.92 Å². The quantitative estimate of drug-likeness (QED) is 0.788. The first-order valence-corrected chi connectivity index (χ1v) is 8.34. The van der Waals surface area contributed by atoms with Gasteiger partial charge in [-0.1, -0.05) is 18.2 Å². The first-order valence-electron chi connectivity index (χ1n) is 8.34. The SMILES string of the molecule is Cc1ccc(-c2cccnc2)cc1NC(=O)NCCC1(O)CCC1. The van der Waals surface area contributed by atoms with E-state index in [2.05, 4.69) is 15.6 Å². The minimum absolute atomic E-state index is 0.246. The van der Waals surface area contributed by atoms with Gasteiger partial charge in [0, 0.05) is 30.2 Å². The van der Waals surface area contributed by atoms with Gasteiger partial charge in [0.1, 0.15) is 0 Å². The number of amides is 2. The molecule has 3 rings (SSSR count). The lowest BCUT2D eigenvalue weighted by molar-refractivity contribution is -0.0388. The third-order valence-corrected chi connectivity index (χ3v) is 4.64. The number of urea groups is 1. The molecule has 0 aliphatic heterocycles. The van der Waals surface area contributed by atoms with Gasteiger partial charge in [0.25, 0.3) is 0 Å². The van der Waals surface area contributed by atoms with Crippen LogP contribution in [0.2, 0.25) is 0 Å². The van der Waals surface area contributed by atoms with Gasteiger partial charge in [0.05, 0.1) is 5.60 Å². The van der Waals surface area contributed by atoms with Gasteiger partial charge in [0.15, 0.2) is 0 Å². The third kappa shape index (κ3) is 3.92. The number of aryl methyl sites for hydroxylation is 1. The highest BCUT2D eigenvalue weighted by Crippen LogP contribution is 2.34. The summed E-state index contributed by atoms with van der Waals surface area (Å²) in [6.45, 7) is 2.43. The van der Waals surface area contributed by atoms with E-state index in [1.807, 2.05) is 37.3 Å². The number of aliphatic hydroxyl groups is 1. The topological polar surface area (TPSA) is 74.2 Å². The molecular formula is C19H23N3O2. The molecule has 0 bridgehead atoms. The minimum Gasteiger partial charge on any atom is -0.390 e. The molecule has 1 aromatic heterocycles. The standard InChI is InChI=1S/C19H23N3O2/c1-14-5-6-15(16-4-2-10-20-13-16)12-17(14)22-18(23)21-11-9-19(24)7-3-8-19/h2,4-6,10,12-13,24H,3,7-9,11H2,1H3,(H2,21,22,23). The van der Waals surface area contributed by atoms with Crippen LogP contribution in [0.25, 0.3) is 11.1 Å². The van der Waals surface area contributed by atoms with Crippen molar-refractivity contribution >= 4 is 11.7 Å². The number of carbonyl (C=O) groups excluding carboxylic acids is 1. The summed E-state index contributed by atoms with van der Waals surface area (Å²) < 4.78 is 0. The number of pyridine rings is 1. The molecule has 0 atom stereocenters. The second-order valence-corrected chi connectivity index (χ2v) is 6.48. The molecule has 0 saturated heterocycles. The first-order chi connectivity index (χ1) is 11.6. The van der Waals surface area contributed by atoms with Crippen molar-refractivity contribution in [1.29, 1.82) is 0 Å². The summed E-state index contributed by atoms with van der Waals surface area (Å²) in [5.41, 5.74) is 3.22. The Labute approximate surface area is 142 Å². The molecule has 0 spiro atoms. The van der Waals surface area contributed by atoms with Crippen LogP contribution in [-0.4, -0.2) is 28.3 Å². The molecule has 5 heteroatoms. The van der Waals surface area contributed by atoms with Crippen LogP contribution in [0.3, 0.4) is 0 Å². The highest BCUT2D eigenvalue weighted by Gasteiger charge is 2.33. The number of aromatic nitrogens is 1. The third-order valence-electron chi connectivity index (χ3n) is 4.64. The van der Waals surface area contributed by atoms with Crippen molar-refractivity contribution in [3.05, 3.63) is 48.3 Å². The van der Waals surface area contributed by atoms with Crippen LogP contribution in [0.1, 0.15) is 31.2 Å². The molecule has 1 saturated carbocycles. The van der Waals surface area contributed by atoms with Crippen LogP contribution < -0.4 is 10.6 Å². The number of benzene rings is 1. The number of hydrogen-bond donors (Lipinski definition) is 3. The molecule has 24 heavy (non-hydrogen) atoms. The second-order valence-electron chi connectivity index (χ2n) is 6.48. The Balaban J connectivity index is 1.60. The van der Waals surface area contributed by atoms with Crippen molar-refractivity contribution in [2.45, 2.75) is 38.2 Å². The Morgan fingerprint density at radius 1 is 1.29 bits per heavy atom. The van der Waals surface area contributed by atoms with Crippen LogP contribution >= 0.6 is 0 Å². The molecule has 5 nitrogen and oxygen atoms in total. The van der Waals surface area contributed by atoms with Crippen LogP contribution in [0.15, 0.2) is 42.7 Å². The fraction of sp³-hybridized carbons (Fsp3) is 0.368. The average molecular weight is 325 g/mol. The monoisotopic (exact) mass is 325 g/mol. The number of anilines is 1. The van der Waals surface area contributed by atoms with E-state index in [-0.39, 0.29) is 6.03 Å². The summed E-state index contributed by atoms with van der Waals surface area (Å²) in [6, 6.07) is 9.58. The van der Waals surface area contributed by atoms with Crippen molar-refractivity contribution in [3.63, 3.8) is 0 Å². The number of hydrogen-bond acceptors (Lipinski definition) is 3. The molecule has 1 aliphatic carbocycles. The van der Waals surface area contributed by atoms with Gasteiger partial charge in [-0.3, -0.25) is 4.98 Å². The molecule has 3 N–H and O–H groups in total. The summed E-state index contributed by atoms with van der Waals surface area (Å²) in [6.07, 6.45) is 6.89. The zero-order valence-corrected chi connectivity index (χ0v) is 13.9. The van der Waals surface area contributed by atoms with E-state index >= 15 is 0 Å². The number of nitrogens with zero attached hydrogens (tertiary/aromatic N) is 1. The Hall–Kier alpha value is -2.40. The van der Waals surface area contributed by atoms with E-state index in [4.69, 9.17) is 0 Å². The van der Waals surface area contributed by atoms with Gasteiger partial charge in [-0.2, -0.15) is 0 Å². The van der Waals surface area contributed by atoms with Gasteiger partial charge in [-0.25, -0.2) is 4.79 Å². The van der Waals surface area contributed by atoms with Crippen LogP contribution in [0.5, 0.6) is 0 Å². The van der Waals surface area contributed by atoms with Crippen molar-refractivity contribution < 1.29 is 9.90 Å². The predicted molar refractivity (Wildman–Crippen MR) is 94.8 cm³/mol. The normalized spacial score (nSPS) is 15.4. The molecule has 0 radical (unpaired) electrons. The zero-order valence-electron chi connectivity index (χ0n) is 13.9. The van der Waals surface area contributed by atoms with E-state index in [9.17, 15) is 9.90 Å². The minimum atomic E-state index is -0.566. The molecule has 126 valence electrons. The van der Waals surface area contributed by atoms with Crippen molar-refractivity contribution in [3.8, 4) is 11.1 Å². The Bertz CT molecular complexity index is 712. The summed E-state index contributed by atoms with van der Waals surface area (Å²) >= 11 is 0. The lowest BCUT2D eigenvalue weighted by atomic mass is 9.78. The molecular weight excluding hydrogens is 302 g/mol. The van der Waals surface area contributed by atoms with Gasteiger partial charge in [0.2, 0.25) is 0 Å². The number of nitrogens with one attached hydrogen (secondary N) is 2. The van der Waals surface area contributed by atoms with Crippen LogP contribution in [-0.2, 0) is 0 Å². The maximum atomic E-state index is 12.1. The molecule has 2 aromatic rings. The molecule has 0 unspecified atom stereocenters. The Kier molecular flexibility index (Phi) is 4.81. The highest BCUT2D eigenvalue weighted by atomic mass is 16.3. The second kappa shape index (κ2) is 7.01. The highest BCUT2D eigenvalue weighted by molar-refractivity contribution is 5.91. The molecule has 1 aliphatic rings. The predicted octanol–water partition coefficient (Wildman–Crippen LogP) is 3.48. The maximum Gasteiger partial charge on any atom is 0.319 e. The molecule has 1 aromatic carbocycles. The van der Waals surface area contributed by atoms with E-state index in [0.717, 1.165) is 41.6 Å². The van der Waals surface area contributed by atoms with Gasteiger partial charge < -0.3 is 15.7 Å². The lowest BCUT2D eigenvalue weighted by Crippen LogP contribution is -2.41. The van der Waals surface area contributed by atoms with Crippen LogP contribution in [0.4, 0.5) is 10.5 Å². The largest absolute Gasteiger partial charge is 0.390 e. The van der Waals surface area contributed by atoms with E-state index in [1.165, 1.54) is 0 Å². The smallest absolute Gasteiger partial charge is 0.319 e. The fourth-order valence-electron chi connectivity index (χ4n) is 2.88. The van der Waals surface area contributed by atoms with Crippen molar-refractivity contribution in [1.82, 2.24) is 10.3 Å². The van der Waals surface area contributed by atoms with E-state index in [0.29, 0.717) is 13.0 Å². The maximum absolute atomic E-state index is 12.1. The molecule has 2 amide bonds. The van der Waals surface area contributed by atoms with Crippen molar-refractivity contribution in [2.24, 2.45) is 0 Å². The Morgan fingerprint density at radius 3 is 2.79 bits per heavy atom. The number of carbonyl (C=O) groups is 1. The fourth-order valence-corrected chi connectivity index (χ4v) is 2.88. The molecule has 1 heterocycles.